The van der Waals surface area contributed by atoms with E-state index in [0.717, 1.165) is 21.7 Å². The Labute approximate surface area is 186 Å². The zero-order chi connectivity index (χ0) is 22.5. The van der Waals surface area contributed by atoms with Gasteiger partial charge in [0, 0.05) is 28.5 Å². The fraction of sp³-hybridized carbons (Fsp3) is 0.385. The van der Waals surface area contributed by atoms with Gasteiger partial charge in [-0.3, -0.25) is 4.79 Å². The van der Waals surface area contributed by atoms with E-state index in [9.17, 15) is 4.79 Å². The summed E-state index contributed by atoms with van der Waals surface area (Å²) in [4.78, 5) is 13.4. The van der Waals surface area contributed by atoms with Crippen molar-refractivity contribution in [1.82, 2.24) is 0 Å². The van der Waals surface area contributed by atoms with Crippen LogP contribution in [0.5, 0.6) is 11.5 Å². The lowest BCUT2D eigenvalue weighted by atomic mass is 10.0. The SMILES string of the molecule is C=CCc1cc(C=CC(=O)C2=CCC(=S)C=C2)c(OC(C)(C)C)cc1OC(C)(C)C. The van der Waals surface area contributed by atoms with Gasteiger partial charge < -0.3 is 9.47 Å². The zero-order valence-electron chi connectivity index (χ0n) is 18.9. The van der Waals surface area contributed by atoms with Crippen LogP contribution in [0.25, 0.3) is 6.08 Å². The predicted octanol–water partition coefficient (Wildman–Crippen LogP) is 6.61. The van der Waals surface area contributed by atoms with Crippen molar-refractivity contribution in [3.8, 4) is 11.5 Å². The van der Waals surface area contributed by atoms with Crippen LogP contribution in [0.4, 0.5) is 0 Å². The first-order valence-electron chi connectivity index (χ1n) is 10.2. The second-order valence-electron chi connectivity index (χ2n) is 9.28. The number of hydrogen-bond acceptors (Lipinski definition) is 4. The molecule has 0 bridgehead atoms. The van der Waals surface area contributed by atoms with Crippen molar-refractivity contribution >= 4 is 28.9 Å². The van der Waals surface area contributed by atoms with E-state index in [-0.39, 0.29) is 11.4 Å². The molecule has 0 fully saturated rings. The molecule has 0 heterocycles. The quantitative estimate of drug-likeness (QED) is 0.280. The maximum absolute atomic E-state index is 12.6. The fourth-order valence-electron chi connectivity index (χ4n) is 2.89. The molecule has 1 aliphatic carbocycles. The summed E-state index contributed by atoms with van der Waals surface area (Å²) in [7, 11) is 0. The van der Waals surface area contributed by atoms with Gasteiger partial charge in [-0.1, -0.05) is 30.4 Å². The van der Waals surface area contributed by atoms with Gasteiger partial charge in [-0.15, -0.1) is 6.58 Å². The molecule has 3 nitrogen and oxygen atoms in total. The van der Waals surface area contributed by atoms with Crippen molar-refractivity contribution in [2.75, 3.05) is 0 Å². The molecule has 0 spiro atoms. The van der Waals surface area contributed by atoms with Crippen molar-refractivity contribution in [2.45, 2.75) is 65.6 Å². The third-order valence-corrected chi connectivity index (χ3v) is 4.36. The Morgan fingerprint density at radius 3 is 2.23 bits per heavy atom. The third-order valence-electron chi connectivity index (χ3n) is 4.06. The number of allylic oxidation sites excluding steroid dienone is 6. The molecule has 0 aromatic heterocycles. The van der Waals surface area contributed by atoms with Crippen LogP contribution in [-0.2, 0) is 11.2 Å². The summed E-state index contributed by atoms with van der Waals surface area (Å²) in [5.74, 6) is 1.38. The standard InChI is InChI=1S/C26H32O3S/c1-8-9-19-16-20(12-15-22(27)18-10-13-21(30)14-11-18)24(29-26(5,6)7)17-23(19)28-25(2,3)4/h8,10-13,15-17H,1,9,14H2,2-7H3. The molecule has 1 aromatic rings. The minimum absolute atomic E-state index is 0.0595. The Morgan fingerprint density at radius 1 is 1.07 bits per heavy atom. The molecule has 4 heteroatoms. The maximum Gasteiger partial charge on any atom is 0.185 e. The van der Waals surface area contributed by atoms with E-state index in [2.05, 4.69) is 6.58 Å². The number of rotatable bonds is 7. The summed E-state index contributed by atoms with van der Waals surface area (Å²) in [5, 5.41) is 0. The number of ether oxygens (including phenoxy) is 2. The van der Waals surface area contributed by atoms with Gasteiger partial charge in [0.05, 0.1) is 0 Å². The summed E-state index contributed by atoms with van der Waals surface area (Å²) in [6, 6.07) is 3.92. The van der Waals surface area contributed by atoms with Crippen molar-refractivity contribution in [2.24, 2.45) is 0 Å². The first-order valence-corrected chi connectivity index (χ1v) is 10.6. The molecule has 0 atom stereocenters. The summed E-state index contributed by atoms with van der Waals surface area (Å²) in [5.41, 5.74) is 1.73. The molecule has 0 radical (unpaired) electrons. The lowest BCUT2D eigenvalue weighted by Crippen LogP contribution is -2.25. The molecule has 30 heavy (non-hydrogen) atoms. The Morgan fingerprint density at radius 2 is 1.70 bits per heavy atom. The Hall–Kier alpha value is -2.46. The summed E-state index contributed by atoms with van der Waals surface area (Å²) >= 11 is 5.15. The fourth-order valence-corrected chi connectivity index (χ4v) is 3.04. The summed E-state index contributed by atoms with van der Waals surface area (Å²) in [6.07, 6.45) is 12.0. The van der Waals surface area contributed by atoms with E-state index in [1.165, 1.54) is 0 Å². The molecule has 0 N–H and O–H groups in total. The zero-order valence-corrected chi connectivity index (χ0v) is 19.7. The summed E-state index contributed by atoms with van der Waals surface area (Å²) in [6.45, 7) is 15.9. The van der Waals surface area contributed by atoms with E-state index < -0.39 is 5.60 Å². The van der Waals surface area contributed by atoms with E-state index >= 15 is 0 Å². The average molecular weight is 425 g/mol. The number of benzene rings is 1. The van der Waals surface area contributed by atoms with Gasteiger partial charge in [-0.05, 0) is 77.8 Å². The molecule has 0 saturated carbocycles. The average Bonchev–Trinajstić information content (AvgIpc) is 2.60. The molecule has 1 aromatic carbocycles. The van der Waals surface area contributed by atoms with Crippen LogP contribution in [0.15, 0.2) is 54.7 Å². The van der Waals surface area contributed by atoms with Crippen LogP contribution < -0.4 is 9.47 Å². The Bertz CT molecular complexity index is 919. The molecule has 0 saturated heterocycles. The van der Waals surface area contributed by atoms with Crippen LogP contribution in [0.1, 0.15) is 59.1 Å². The number of hydrogen-bond donors (Lipinski definition) is 0. The second-order valence-corrected chi connectivity index (χ2v) is 9.80. The predicted molar refractivity (Wildman–Crippen MR) is 130 cm³/mol. The van der Waals surface area contributed by atoms with Crippen molar-refractivity contribution < 1.29 is 14.3 Å². The topological polar surface area (TPSA) is 35.5 Å². The van der Waals surface area contributed by atoms with Crippen molar-refractivity contribution in [1.29, 1.82) is 0 Å². The van der Waals surface area contributed by atoms with Gasteiger partial charge in [0.15, 0.2) is 5.78 Å². The van der Waals surface area contributed by atoms with Crippen molar-refractivity contribution in [3.63, 3.8) is 0 Å². The molecule has 160 valence electrons. The Kier molecular flexibility index (Phi) is 7.59. The van der Waals surface area contributed by atoms with E-state index in [4.69, 9.17) is 21.7 Å². The first kappa shape index (κ1) is 23.8. The van der Waals surface area contributed by atoms with E-state index in [0.29, 0.717) is 24.2 Å². The smallest absolute Gasteiger partial charge is 0.185 e. The third kappa shape index (κ3) is 7.42. The van der Waals surface area contributed by atoms with Crippen LogP contribution >= 0.6 is 12.2 Å². The highest BCUT2D eigenvalue weighted by molar-refractivity contribution is 7.80. The highest BCUT2D eigenvalue weighted by Crippen LogP contribution is 2.35. The van der Waals surface area contributed by atoms with E-state index in [1.54, 1.807) is 18.2 Å². The van der Waals surface area contributed by atoms with Gasteiger partial charge in [-0.2, -0.15) is 0 Å². The second kappa shape index (κ2) is 9.57. The maximum atomic E-state index is 12.6. The number of ketones is 1. The molecule has 0 aliphatic heterocycles. The molecular formula is C26H32O3S. The number of thiocarbonyl (C=S) groups is 1. The van der Waals surface area contributed by atoms with Crippen molar-refractivity contribution in [3.05, 3.63) is 65.8 Å². The number of carbonyl (C=O) groups excluding carboxylic acids is 1. The molecule has 2 rings (SSSR count). The Balaban J connectivity index is 2.45. The van der Waals surface area contributed by atoms with Gasteiger partial charge >= 0.3 is 0 Å². The van der Waals surface area contributed by atoms with Gasteiger partial charge in [0.25, 0.3) is 0 Å². The minimum Gasteiger partial charge on any atom is -0.488 e. The van der Waals surface area contributed by atoms with Gasteiger partial charge in [-0.25, -0.2) is 0 Å². The highest BCUT2D eigenvalue weighted by Gasteiger charge is 2.20. The minimum atomic E-state index is -0.393. The molecule has 0 amide bonds. The summed E-state index contributed by atoms with van der Waals surface area (Å²) < 4.78 is 12.4. The normalized spacial score (nSPS) is 14.6. The van der Waals surface area contributed by atoms with Crippen LogP contribution in [0.2, 0.25) is 0 Å². The molecular weight excluding hydrogens is 392 g/mol. The van der Waals surface area contributed by atoms with Gasteiger partial charge in [0.2, 0.25) is 0 Å². The highest BCUT2D eigenvalue weighted by atomic mass is 32.1. The lowest BCUT2D eigenvalue weighted by molar-refractivity contribution is -0.111. The molecule has 1 aliphatic rings. The lowest BCUT2D eigenvalue weighted by Gasteiger charge is -2.27. The van der Waals surface area contributed by atoms with E-state index in [1.807, 2.05) is 71.9 Å². The first-order chi connectivity index (χ1) is 13.9. The largest absolute Gasteiger partial charge is 0.488 e. The van der Waals surface area contributed by atoms with Gasteiger partial charge in [0.1, 0.15) is 22.7 Å². The monoisotopic (exact) mass is 424 g/mol. The number of carbonyl (C=O) groups is 1. The van der Waals surface area contributed by atoms with Crippen LogP contribution in [-0.4, -0.2) is 21.8 Å². The van der Waals surface area contributed by atoms with Crippen LogP contribution in [0.3, 0.4) is 0 Å². The van der Waals surface area contributed by atoms with Crippen LogP contribution in [0, 0.1) is 0 Å². The molecule has 0 unspecified atom stereocenters.